The Kier molecular flexibility index (Phi) is 5.58. The van der Waals surface area contributed by atoms with E-state index >= 15 is 0 Å². The Morgan fingerprint density at radius 1 is 1.08 bits per heavy atom. The van der Waals surface area contributed by atoms with Crippen molar-refractivity contribution in [2.45, 2.75) is 16.3 Å². The summed E-state index contributed by atoms with van der Waals surface area (Å²) < 4.78 is 0. The molecule has 0 saturated carbocycles. The average molecular weight is 351 g/mol. The summed E-state index contributed by atoms with van der Waals surface area (Å²) >= 11 is 1.43. The van der Waals surface area contributed by atoms with Gasteiger partial charge in [0, 0.05) is 29.8 Å². The summed E-state index contributed by atoms with van der Waals surface area (Å²) in [5, 5.41) is 3.43. The van der Waals surface area contributed by atoms with Gasteiger partial charge in [0.15, 0.2) is 11.5 Å². The Labute approximate surface area is 149 Å². The monoisotopic (exact) mass is 351 g/mol. The number of nitrogens with one attached hydrogen (secondary N) is 1. The summed E-state index contributed by atoms with van der Waals surface area (Å²) in [6.45, 7) is 0.451. The Hall–Kier alpha value is -2.93. The highest BCUT2D eigenvalue weighted by atomic mass is 32.2. The van der Waals surface area contributed by atoms with Crippen LogP contribution in [0.2, 0.25) is 0 Å². The molecule has 0 aliphatic rings. The molecule has 126 valence electrons. The minimum atomic E-state index is -0.337. The second-order valence-corrected chi connectivity index (χ2v) is 6.28. The quantitative estimate of drug-likeness (QED) is 0.709. The Bertz CT molecular complexity index is 843. The third-order valence-corrected chi connectivity index (χ3v) is 4.27. The number of nitrogens with zero attached hydrogens (tertiary/aromatic N) is 3. The van der Waals surface area contributed by atoms with Crippen LogP contribution in [0.25, 0.3) is 0 Å². The van der Waals surface area contributed by atoms with E-state index in [1.54, 1.807) is 12.4 Å². The first kappa shape index (κ1) is 16.9. The van der Waals surface area contributed by atoms with Crippen molar-refractivity contribution < 1.29 is 4.79 Å². The molecule has 3 aromatic rings. The molecule has 3 rings (SSSR count). The van der Waals surface area contributed by atoms with Crippen LogP contribution in [-0.4, -0.2) is 27.4 Å². The van der Waals surface area contributed by atoms with Gasteiger partial charge in [0.05, 0.1) is 6.20 Å². The number of benzene rings is 1. The van der Waals surface area contributed by atoms with Crippen molar-refractivity contribution in [1.82, 2.24) is 20.3 Å². The van der Waals surface area contributed by atoms with Crippen molar-refractivity contribution in [3.05, 3.63) is 72.3 Å². The summed E-state index contributed by atoms with van der Waals surface area (Å²) in [5.41, 5.74) is 6.86. The molecule has 1 aromatic carbocycles. The molecule has 0 unspecified atom stereocenters. The van der Waals surface area contributed by atoms with Gasteiger partial charge in [-0.3, -0.25) is 9.78 Å². The zero-order valence-electron chi connectivity index (χ0n) is 13.4. The number of anilines is 1. The van der Waals surface area contributed by atoms with E-state index < -0.39 is 0 Å². The molecule has 0 atom stereocenters. The van der Waals surface area contributed by atoms with Crippen LogP contribution in [0.15, 0.2) is 70.8 Å². The number of amides is 1. The van der Waals surface area contributed by atoms with Crippen LogP contribution in [0.5, 0.6) is 0 Å². The summed E-state index contributed by atoms with van der Waals surface area (Å²) in [4.78, 5) is 26.0. The second kappa shape index (κ2) is 8.25. The number of nitrogen functional groups attached to an aromatic ring is 1. The first-order valence-electron chi connectivity index (χ1n) is 7.76. The number of hydrogen-bond acceptors (Lipinski definition) is 6. The van der Waals surface area contributed by atoms with Gasteiger partial charge in [-0.2, -0.15) is 0 Å². The van der Waals surface area contributed by atoms with Gasteiger partial charge in [0.1, 0.15) is 5.03 Å². The van der Waals surface area contributed by atoms with Gasteiger partial charge in [0.25, 0.3) is 5.91 Å². The zero-order chi connectivity index (χ0) is 17.5. The molecule has 1 amide bonds. The van der Waals surface area contributed by atoms with E-state index in [2.05, 4.69) is 20.3 Å². The maximum Gasteiger partial charge on any atom is 0.273 e. The van der Waals surface area contributed by atoms with E-state index in [-0.39, 0.29) is 17.4 Å². The number of aromatic nitrogens is 3. The molecule has 2 aromatic heterocycles. The van der Waals surface area contributed by atoms with E-state index in [0.29, 0.717) is 18.0 Å². The molecule has 2 heterocycles. The Morgan fingerprint density at radius 2 is 1.88 bits per heavy atom. The van der Waals surface area contributed by atoms with Crippen molar-refractivity contribution in [2.24, 2.45) is 0 Å². The molecule has 25 heavy (non-hydrogen) atoms. The van der Waals surface area contributed by atoms with Gasteiger partial charge < -0.3 is 11.1 Å². The van der Waals surface area contributed by atoms with Crippen LogP contribution in [-0.2, 0) is 6.42 Å². The van der Waals surface area contributed by atoms with E-state index in [9.17, 15) is 4.79 Å². The predicted molar refractivity (Wildman–Crippen MR) is 97.3 cm³/mol. The molecule has 0 aliphatic heterocycles. The normalized spacial score (nSPS) is 10.4. The minimum absolute atomic E-state index is 0.118. The Balaban J connectivity index is 1.64. The molecule has 0 radical (unpaired) electrons. The molecular weight excluding hydrogens is 334 g/mol. The third-order valence-electron chi connectivity index (χ3n) is 3.35. The van der Waals surface area contributed by atoms with Gasteiger partial charge in [-0.1, -0.05) is 36.0 Å². The standard InChI is InChI=1S/C18H17N5OS/c19-17-16(18(24)21-11-9-13-6-4-5-10-20-13)23-15(12-22-17)25-14-7-2-1-3-8-14/h1-8,10,12H,9,11H2,(H2,19,22)(H,21,24). The lowest BCUT2D eigenvalue weighted by atomic mass is 10.2. The molecule has 0 saturated heterocycles. The highest BCUT2D eigenvalue weighted by Gasteiger charge is 2.14. The fourth-order valence-corrected chi connectivity index (χ4v) is 2.92. The zero-order valence-corrected chi connectivity index (χ0v) is 14.2. The lowest BCUT2D eigenvalue weighted by molar-refractivity contribution is 0.0949. The number of carbonyl (C=O) groups is 1. The molecule has 3 N–H and O–H groups in total. The highest BCUT2D eigenvalue weighted by molar-refractivity contribution is 7.99. The topological polar surface area (TPSA) is 93.8 Å². The largest absolute Gasteiger partial charge is 0.382 e. The smallest absolute Gasteiger partial charge is 0.273 e. The number of rotatable bonds is 6. The van der Waals surface area contributed by atoms with Crippen molar-refractivity contribution in [3.63, 3.8) is 0 Å². The van der Waals surface area contributed by atoms with Crippen molar-refractivity contribution in [3.8, 4) is 0 Å². The van der Waals surface area contributed by atoms with E-state index in [0.717, 1.165) is 10.6 Å². The summed E-state index contributed by atoms with van der Waals surface area (Å²) in [6, 6.07) is 15.4. The lowest BCUT2D eigenvalue weighted by Gasteiger charge is -2.08. The molecule has 7 heteroatoms. The molecule has 0 bridgehead atoms. The van der Waals surface area contributed by atoms with Crippen molar-refractivity contribution in [2.75, 3.05) is 12.3 Å². The van der Waals surface area contributed by atoms with Gasteiger partial charge >= 0.3 is 0 Å². The van der Waals surface area contributed by atoms with E-state index in [4.69, 9.17) is 5.73 Å². The Morgan fingerprint density at radius 3 is 2.64 bits per heavy atom. The average Bonchev–Trinajstić information content (AvgIpc) is 2.65. The van der Waals surface area contributed by atoms with Gasteiger partial charge in [-0.15, -0.1) is 0 Å². The molecular formula is C18H17N5OS. The van der Waals surface area contributed by atoms with Gasteiger partial charge in [-0.05, 0) is 24.3 Å². The van der Waals surface area contributed by atoms with Crippen LogP contribution in [0.3, 0.4) is 0 Å². The lowest BCUT2D eigenvalue weighted by Crippen LogP contribution is -2.28. The maximum atomic E-state index is 12.3. The predicted octanol–water partition coefficient (Wildman–Crippen LogP) is 2.58. The van der Waals surface area contributed by atoms with Crippen LogP contribution >= 0.6 is 11.8 Å². The molecule has 6 nitrogen and oxygen atoms in total. The molecule has 0 spiro atoms. The van der Waals surface area contributed by atoms with Crippen molar-refractivity contribution >= 4 is 23.5 Å². The van der Waals surface area contributed by atoms with Crippen LogP contribution in [0.4, 0.5) is 5.82 Å². The fraction of sp³-hybridized carbons (Fsp3) is 0.111. The van der Waals surface area contributed by atoms with Gasteiger partial charge in [-0.25, -0.2) is 9.97 Å². The number of pyridine rings is 1. The first-order chi connectivity index (χ1) is 12.2. The maximum absolute atomic E-state index is 12.3. The van der Waals surface area contributed by atoms with Crippen LogP contribution in [0, 0.1) is 0 Å². The summed E-state index contributed by atoms with van der Waals surface area (Å²) in [7, 11) is 0. The molecule has 0 aliphatic carbocycles. The van der Waals surface area contributed by atoms with Crippen LogP contribution in [0.1, 0.15) is 16.2 Å². The van der Waals surface area contributed by atoms with Gasteiger partial charge in [0.2, 0.25) is 0 Å². The molecule has 0 fully saturated rings. The van der Waals surface area contributed by atoms with Crippen LogP contribution < -0.4 is 11.1 Å². The van der Waals surface area contributed by atoms with Crippen molar-refractivity contribution in [1.29, 1.82) is 0 Å². The summed E-state index contributed by atoms with van der Waals surface area (Å²) in [6.07, 6.45) is 3.93. The van der Waals surface area contributed by atoms with E-state index in [1.165, 1.54) is 11.8 Å². The SMILES string of the molecule is Nc1ncc(Sc2ccccc2)nc1C(=O)NCCc1ccccn1. The minimum Gasteiger partial charge on any atom is -0.382 e. The first-order valence-corrected chi connectivity index (χ1v) is 8.57. The van der Waals surface area contributed by atoms with E-state index in [1.807, 2.05) is 48.5 Å². The summed E-state index contributed by atoms with van der Waals surface area (Å²) in [5.74, 6) is -0.218. The third kappa shape index (κ3) is 4.77. The second-order valence-electron chi connectivity index (χ2n) is 5.18. The number of nitrogens with two attached hydrogens (primary N) is 1. The number of hydrogen-bond donors (Lipinski definition) is 2. The fourth-order valence-electron chi connectivity index (χ4n) is 2.14. The highest BCUT2D eigenvalue weighted by Crippen LogP contribution is 2.25. The number of carbonyl (C=O) groups excluding carboxylic acids is 1.